The normalized spacial score (nSPS) is 6.80. The molecule has 0 radical (unpaired) electrons. The molecule has 56 valence electrons. The fraction of sp³-hybridized carbons (Fsp3) is 0.600. The summed E-state index contributed by atoms with van der Waals surface area (Å²) in [6, 6.07) is 0. The second kappa shape index (κ2) is 8.94. The van der Waals surface area contributed by atoms with Crippen molar-refractivity contribution < 1.29 is 50.8 Å². The van der Waals surface area contributed by atoms with E-state index in [1.54, 1.807) is 0 Å². The molecule has 0 atom stereocenters. The summed E-state index contributed by atoms with van der Waals surface area (Å²) in [6.45, 7) is 0. The minimum Gasteiger partial charge on any atom is -1.00 e. The number of hydrogen-bond acceptors (Lipinski definition) is 2. The van der Waals surface area contributed by atoms with Crippen molar-refractivity contribution in [2.45, 2.75) is 20.3 Å². The van der Waals surface area contributed by atoms with Crippen LogP contribution in [0.1, 0.15) is 21.7 Å². The first-order valence-corrected chi connectivity index (χ1v) is 2.06. The SMILES string of the molecule is C.O=C(O)CCC(=O)O.[H-].[Na+]. The number of carboxylic acids is 2. The van der Waals surface area contributed by atoms with Crippen LogP contribution in [0.5, 0.6) is 0 Å². The van der Waals surface area contributed by atoms with Crippen molar-refractivity contribution in [1.82, 2.24) is 0 Å². The molecule has 5 heteroatoms. The van der Waals surface area contributed by atoms with Crippen LogP contribution in [-0.2, 0) is 9.59 Å². The molecule has 0 amide bonds. The molecule has 0 aliphatic rings. The average Bonchev–Trinajstić information content (AvgIpc) is 1.61. The summed E-state index contributed by atoms with van der Waals surface area (Å²) in [5, 5.41) is 15.8. The zero-order valence-corrected chi connectivity index (χ0v) is 7.13. The molecular formula is C5H11NaO4. The number of hydrogen-bond donors (Lipinski definition) is 2. The van der Waals surface area contributed by atoms with E-state index >= 15 is 0 Å². The average molecular weight is 158 g/mol. The molecule has 0 bridgehead atoms. The van der Waals surface area contributed by atoms with Gasteiger partial charge in [0, 0.05) is 0 Å². The molecule has 0 unspecified atom stereocenters. The Kier molecular flexibility index (Phi) is 14.7. The Labute approximate surface area is 83.0 Å². The first kappa shape index (κ1) is 16.5. The largest absolute Gasteiger partial charge is 1.00 e. The first-order chi connectivity index (χ1) is 3.63. The molecular weight excluding hydrogens is 147 g/mol. The molecule has 0 aromatic heterocycles. The van der Waals surface area contributed by atoms with E-state index in [2.05, 4.69) is 0 Å². The molecule has 10 heavy (non-hydrogen) atoms. The molecule has 0 heterocycles. The van der Waals surface area contributed by atoms with Crippen molar-refractivity contribution in [1.29, 1.82) is 0 Å². The van der Waals surface area contributed by atoms with E-state index in [0.29, 0.717) is 0 Å². The van der Waals surface area contributed by atoms with Gasteiger partial charge in [0.25, 0.3) is 0 Å². The van der Waals surface area contributed by atoms with Gasteiger partial charge in [0.15, 0.2) is 0 Å². The Hall–Kier alpha value is -0.0600. The maximum Gasteiger partial charge on any atom is 1.00 e. The van der Waals surface area contributed by atoms with Gasteiger partial charge < -0.3 is 11.6 Å². The smallest absolute Gasteiger partial charge is 1.00 e. The van der Waals surface area contributed by atoms with Crippen molar-refractivity contribution in [3.05, 3.63) is 0 Å². The van der Waals surface area contributed by atoms with Gasteiger partial charge in [0.2, 0.25) is 0 Å². The predicted octanol–water partition coefficient (Wildman–Crippen LogP) is -2.31. The number of rotatable bonds is 3. The summed E-state index contributed by atoms with van der Waals surface area (Å²) in [7, 11) is 0. The van der Waals surface area contributed by atoms with Gasteiger partial charge in [-0.15, -0.1) is 0 Å². The van der Waals surface area contributed by atoms with Gasteiger partial charge >= 0.3 is 41.5 Å². The zero-order valence-electron chi connectivity index (χ0n) is 6.13. The maximum absolute atomic E-state index is 9.64. The molecule has 4 nitrogen and oxygen atoms in total. The Bertz CT molecular complexity index is 103. The summed E-state index contributed by atoms with van der Waals surface area (Å²) >= 11 is 0. The fourth-order valence-electron chi connectivity index (χ4n) is 0.214. The topological polar surface area (TPSA) is 74.6 Å². The molecule has 0 spiro atoms. The molecule has 0 aliphatic heterocycles. The van der Waals surface area contributed by atoms with Crippen LogP contribution in [0.3, 0.4) is 0 Å². The van der Waals surface area contributed by atoms with E-state index in [-0.39, 0.29) is 51.3 Å². The van der Waals surface area contributed by atoms with Crippen LogP contribution in [0.4, 0.5) is 0 Å². The van der Waals surface area contributed by atoms with Crippen LogP contribution in [0, 0.1) is 0 Å². The molecule has 0 saturated carbocycles. The Morgan fingerprint density at radius 1 is 1.10 bits per heavy atom. The standard InChI is InChI=1S/C4H6O4.CH4.Na.H/c5-3(6)1-2-4(7)8;;;/h1-2H2,(H,5,6)(H,7,8);1H4;;/q;;+1;-1. The van der Waals surface area contributed by atoms with Crippen LogP contribution >= 0.6 is 0 Å². The van der Waals surface area contributed by atoms with Gasteiger partial charge in [-0.25, -0.2) is 0 Å². The summed E-state index contributed by atoms with van der Waals surface area (Å²) in [6.07, 6.45) is -0.593. The number of aliphatic carboxylic acids is 2. The first-order valence-electron chi connectivity index (χ1n) is 2.06. The second-order valence-corrected chi connectivity index (χ2v) is 1.29. The minimum absolute atomic E-state index is 0. The van der Waals surface area contributed by atoms with Crippen LogP contribution in [0.2, 0.25) is 0 Å². The molecule has 2 N–H and O–H groups in total. The molecule has 0 aromatic carbocycles. The van der Waals surface area contributed by atoms with Crippen LogP contribution < -0.4 is 29.6 Å². The van der Waals surface area contributed by atoms with E-state index < -0.39 is 11.9 Å². The summed E-state index contributed by atoms with van der Waals surface area (Å²) in [5.41, 5.74) is 0. The van der Waals surface area contributed by atoms with Gasteiger partial charge in [-0.2, -0.15) is 0 Å². The van der Waals surface area contributed by atoms with Gasteiger partial charge in [-0.05, 0) is 0 Å². The van der Waals surface area contributed by atoms with E-state index in [1.807, 2.05) is 0 Å². The van der Waals surface area contributed by atoms with E-state index in [0.717, 1.165) is 0 Å². The van der Waals surface area contributed by atoms with Crippen molar-refractivity contribution in [3.63, 3.8) is 0 Å². The fourth-order valence-corrected chi connectivity index (χ4v) is 0.214. The van der Waals surface area contributed by atoms with Crippen LogP contribution in [-0.4, -0.2) is 22.2 Å². The van der Waals surface area contributed by atoms with Gasteiger partial charge in [0.1, 0.15) is 0 Å². The Morgan fingerprint density at radius 3 is 1.40 bits per heavy atom. The maximum atomic E-state index is 9.64. The van der Waals surface area contributed by atoms with E-state index in [1.165, 1.54) is 0 Å². The molecule has 0 saturated heterocycles. The molecule has 0 aliphatic carbocycles. The predicted molar refractivity (Wildman–Crippen MR) is 32.3 cm³/mol. The Balaban J connectivity index is -0.0000000817. The minimum atomic E-state index is -1.08. The van der Waals surface area contributed by atoms with E-state index in [9.17, 15) is 9.59 Å². The van der Waals surface area contributed by atoms with Crippen LogP contribution in [0.15, 0.2) is 0 Å². The monoisotopic (exact) mass is 158 g/mol. The molecule has 0 rings (SSSR count). The molecule has 0 aromatic rings. The quantitative estimate of drug-likeness (QED) is 0.452. The Morgan fingerprint density at radius 2 is 1.30 bits per heavy atom. The van der Waals surface area contributed by atoms with Crippen molar-refractivity contribution in [3.8, 4) is 0 Å². The third-order valence-corrected chi connectivity index (χ3v) is 0.553. The van der Waals surface area contributed by atoms with E-state index in [4.69, 9.17) is 10.2 Å². The summed E-state index contributed by atoms with van der Waals surface area (Å²) in [5.74, 6) is -2.15. The number of carboxylic acid groups (broad SMARTS) is 2. The van der Waals surface area contributed by atoms with Crippen LogP contribution in [0.25, 0.3) is 0 Å². The second-order valence-electron chi connectivity index (χ2n) is 1.29. The zero-order chi connectivity index (χ0) is 6.57. The molecule has 0 fully saturated rings. The summed E-state index contributed by atoms with van der Waals surface area (Å²) < 4.78 is 0. The van der Waals surface area contributed by atoms with Crippen molar-refractivity contribution >= 4 is 11.9 Å². The van der Waals surface area contributed by atoms with Gasteiger partial charge in [-0.1, -0.05) is 7.43 Å². The van der Waals surface area contributed by atoms with Crippen molar-refractivity contribution in [2.75, 3.05) is 0 Å². The van der Waals surface area contributed by atoms with Gasteiger partial charge in [-0.3, -0.25) is 9.59 Å². The number of carbonyl (C=O) groups is 2. The summed E-state index contributed by atoms with van der Waals surface area (Å²) in [4.78, 5) is 19.3. The third-order valence-electron chi connectivity index (χ3n) is 0.553. The van der Waals surface area contributed by atoms with Crippen molar-refractivity contribution in [2.24, 2.45) is 0 Å². The third kappa shape index (κ3) is 15.7. The van der Waals surface area contributed by atoms with Gasteiger partial charge in [0.05, 0.1) is 12.8 Å².